The van der Waals surface area contributed by atoms with Crippen molar-refractivity contribution in [1.82, 2.24) is 18.5 Å². The first-order chi connectivity index (χ1) is 14.6. The molecule has 0 aromatic heterocycles. The number of aromatic carboxylic acids is 2. The van der Waals surface area contributed by atoms with E-state index in [0.29, 0.717) is 0 Å². The number of carboxylic acids is 3. The van der Waals surface area contributed by atoms with Gasteiger partial charge >= 0.3 is 17.9 Å². The summed E-state index contributed by atoms with van der Waals surface area (Å²) in [4.78, 5) is 46.2. The van der Waals surface area contributed by atoms with Crippen LogP contribution in [0.2, 0.25) is 0 Å². The molecular weight excluding hydrogens is 450 g/mol. The Bertz CT molecular complexity index is 1190. The maximum Gasteiger partial charge on any atom is 0.339 e. The molecule has 1 aliphatic rings. The molecular formula is C22H26N3O9+3. The van der Waals surface area contributed by atoms with Crippen molar-refractivity contribution in [2.75, 3.05) is 0 Å². The second-order valence-electron chi connectivity index (χ2n) is 6.47. The molecule has 34 heavy (non-hydrogen) atoms. The van der Waals surface area contributed by atoms with E-state index in [4.69, 9.17) is 0 Å². The highest BCUT2D eigenvalue weighted by Gasteiger charge is 2.23. The minimum Gasteiger partial charge on any atom is -0.507 e. The van der Waals surface area contributed by atoms with Gasteiger partial charge in [-0.3, -0.25) is 4.79 Å². The van der Waals surface area contributed by atoms with Gasteiger partial charge in [0, 0.05) is 0 Å². The minimum absolute atomic E-state index is 0. The van der Waals surface area contributed by atoms with Crippen LogP contribution in [0.3, 0.4) is 0 Å². The molecule has 0 atom stereocenters. The molecule has 1 aliphatic carbocycles. The van der Waals surface area contributed by atoms with E-state index in [1.165, 1.54) is 18.2 Å². The fraction of sp³-hybridized carbons (Fsp3) is 0. The van der Waals surface area contributed by atoms with Crippen LogP contribution in [-0.2, 0) is 9.59 Å². The molecule has 12 nitrogen and oxygen atoms in total. The van der Waals surface area contributed by atoms with Crippen LogP contribution >= 0.6 is 0 Å². The second-order valence-corrected chi connectivity index (χ2v) is 6.47. The van der Waals surface area contributed by atoms with Gasteiger partial charge in [0.05, 0.1) is 0 Å². The van der Waals surface area contributed by atoms with Crippen molar-refractivity contribution in [2.45, 2.75) is 0 Å². The molecule has 12 heteroatoms. The van der Waals surface area contributed by atoms with Crippen molar-refractivity contribution >= 4 is 29.3 Å². The van der Waals surface area contributed by atoms with Crippen molar-refractivity contribution < 1.29 is 44.7 Å². The summed E-state index contributed by atoms with van der Waals surface area (Å²) in [5.41, 5.74) is -0.644. The number of quaternary nitrogens is 3. The Kier molecular flexibility index (Phi) is 9.62. The summed E-state index contributed by atoms with van der Waals surface area (Å²) < 4.78 is 0. The molecule has 0 saturated carbocycles. The Morgan fingerprint density at radius 1 is 0.647 bits per heavy atom. The number of benzene rings is 2. The van der Waals surface area contributed by atoms with Gasteiger partial charge in [-0.1, -0.05) is 18.2 Å². The third kappa shape index (κ3) is 5.52. The Morgan fingerprint density at radius 3 is 1.47 bits per heavy atom. The number of ketones is 1. The average molecular weight is 476 g/mol. The summed E-state index contributed by atoms with van der Waals surface area (Å²) in [5.74, 6) is -6.07. The maximum absolute atomic E-state index is 11.9. The normalized spacial score (nSPS) is 11.8. The first kappa shape index (κ1) is 29.2. The summed E-state index contributed by atoms with van der Waals surface area (Å²) in [6.45, 7) is 0. The highest BCUT2D eigenvalue weighted by atomic mass is 16.4. The number of rotatable bonds is 5. The number of aliphatic carboxylic acids is 1. The van der Waals surface area contributed by atoms with Gasteiger partial charge in [0.2, 0.25) is 0 Å². The van der Waals surface area contributed by atoms with Gasteiger partial charge in [-0.25, -0.2) is 14.4 Å². The van der Waals surface area contributed by atoms with Gasteiger partial charge in [-0.15, -0.1) is 0 Å². The lowest BCUT2D eigenvalue weighted by atomic mass is 9.87. The topological polar surface area (TPSA) is 279 Å². The molecule has 0 unspecified atom stereocenters. The Morgan fingerprint density at radius 2 is 1.09 bits per heavy atom. The molecule has 0 heterocycles. The fourth-order valence-corrected chi connectivity index (χ4v) is 3.08. The Balaban J connectivity index is 0.00000363. The predicted octanol–water partition coefficient (Wildman–Crippen LogP) is 3.57. The number of carboxylic acid groups (broad SMARTS) is 3. The van der Waals surface area contributed by atoms with Crippen LogP contribution in [-0.4, -0.2) is 49.2 Å². The van der Waals surface area contributed by atoms with Crippen molar-refractivity contribution in [3.05, 3.63) is 88.0 Å². The van der Waals surface area contributed by atoms with E-state index in [9.17, 15) is 44.7 Å². The van der Waals surface area contributed by atoms with Gasteiger partial charge in [-0.05, 0) is 58.7 Å². The number of carbonyl (C=O) groups is 4. The van der Waals surface area contributed by atoms with E-state index in [0.717, 1.165) is 36.4 Å². The van der Waals surface area contributed by atoms with Crippen LogP contribution < -0.4 is 18.5 Å². The molecule has 0 aliphatic heterocycles. The van der Waals surface area contributed by atoms with Crippen molar-refractivity contribution in [3.63, 3.8) is 0 Å². The van der Waals surface area contributed by atoms with Crippen molar-refractivity contribution in [3.8, 4) is 11.5 Å². The first-order valence-electron chi connectivity index (χ1n) is 8.65. The summed E-state index contributed by atoms with van der Waals surface area (Å²) in [6, 6.07) is 7.22. The molecule has 0 radical (unpaired) electrons. The van der Waals surface area contributed by atoms with Gasteiger partial charge < -0.3 is 44.0 Å². The predicted molar refractivity (Wildman–Crippen MR) is 124 cm³/mol. The lowest BCUT2D eigenvalue weighted by Gasteiger charge is -2.16. The number of aromatic hydroxyl groups is 2. The number of allylic oxidation sites excluding steroid dienone is 4. The van der Waals surface area contributed by atoms with Crippen LogP contribution in [0.4, 0.5) is 0 Å². The Hall–Kier alpha value is -4.78. The van der Waals surface area contributed by atoms with Crippen LogP contribution in [0, 0.1) is 0 Å². The summed E-state index contributed by atoms with van der Waals surface area (Å²) in [7, 11) is 0. The highest BCUT2D eigenvalue weighted by Crippen LogP contribution is 2.35. The van der Waals surface area contributed by atoms with Gasteiger partial charge in [0.15, 0.2) is 5.78 Å². The second kappa shape index (κ2) is 11.2. The van der Waals surface area contributed by atoms with Crippen LogP contribution in [0.1, 0.15) is 31.8 Å². The zero-order chi connectivity index (χ0) is 22.9. The summed E-state index contributed by atoms with van der Waals surface area (Å²) in [6.07, 6.45) is 3.42. The molecule has 2 aromatic rings. The van der Waals surface area contributed by atoms with Crippen LogP contribution in [0.5, 0.6) is 11.5 Å². The molecule has 0 saturated heterocycles. The van der Waals surface area contributed by atoms with E-state index in [-0.39, 0.29) is 40.7 Å². The number of carbonyl (C=O) groups excluding carboxylic acids is 1. The summed E-state index contributed by atoms with van der Waals surface area (Å²) >= 11 is 0. The van der Waals surface area contributed by atoms with Crippen LogP contribution in [0.15, 0.2) is 65.8 Å². The molecule has 0 spiro atoms. The van der Waals surface area contributed by atoms with Crippen molar-refractivity contribution in [2.24, 2.45) is 0 Å². The van der Waals surface area contributed by atoms with E-state index >= 15 is 0 Å². The van der Waals surface area contributed by atoms with E-state index < -0.39 is 51.9 Å². The van der Waals surface area contributed by atoms with E-state index in [1.807, 2.05) is 0 Å². The maximum atomic E-state index is 11.9. The molecule has 2 aromatic carbocycles. The molecule has 3 rings (SSSR count). The van der Waals surface area contributed by atoms with Crippen LogP contribution in [0.25, 0.3) is 5.57 Å². The number of phenols is 2. The van der Waals surface area contributed by atoms with E-state index in [2.05, 4.69) is 0 Å². The highest BCUT2D eigenvalue weighted by molar-refractivity contribution is 6.23. The largest absolute Gasteiger partial charge is 0.507 e. The van der Waals surface area contributed by atoms with Crippen molar-refractivity contribution in [1.29, 1.82) is 0 Å². The van der Waals surface area contributed by atoms with Gasteiger partial charge in [0.1, 0.15) is 28.2 Å². The van der Waals surface area contributed by atoms with E-state index in [1.54, 1.807) is 0 Å². The molecule has 0 amide bonds. The SMILES string of the molecule is O=C(O)C1=CC(=C(c2ccc(O)c(C(=O)O)c2)c2ccc(O)c(C(=O)O)c2)C=CC1=O.[NH4+].[NH4+].[NH4+]. The molecule has 0 fully saturated rings. The summed E-state index contributed by atoms with van der Waals surface area (Å²) in [5, 5.41) is 47.6. The lowest BCUT2D eigenvalue weighted by Crippen LogP contribution is -2.13. The molecule has 0 bridgehead atoms. The number of hydrogen-bond acceptors (Lipinski definition) is 6. The standard InChI is InChI=1S/C22H14O9.3H3N/c23-16-4-1-10(7-13(16)20(26)27)19(11-2-5-17(24)14(8-11)21(28)29)12-3-6-18(25)15(9-12)22(30)31;;;/h1-9,23-24H,(H,26,27)(H,28,29)(H,30,31);3*1H3/p+3. The third-order valence-electron chi connectivity index (χ3n) is 4.53. The number of hydrogen-bond donors (Lipinski definition) is 8. The molecule has 180 valence electrons. The average Bonchev–Trinajstić information content (AvgIpc) is 2.71. The first-order valence-corrected chi connectivity index (χ1v) is 8.65. The van der Waals surface area contributed by atoms with Gasteiger partial charge in [-0.2, -0.15) is 0 Å². The zero-order valence-corrected chi connectivity index (χ0v) is 18.6. The minimum atomic E-state index is -1.47. The molecule has 17 N–H and O–H groups in total. The monoisotopic (exact) mass is 476 g/mol. The zero-order valence-electron chi connectivity index (χ0n) is 18.6. The third-order valence-corrected chi connectivity index (χ3v) is 4.53. The van der Waals surface area contributed by atoms with Gasteiger partial charge in [0.25, 0.3) is 0 Å². The quantitative estimate of drug-likeness (QED) is 0.292. The fourth-order valence-electron chi connectivity index (χ4n) is 3.08. The smallest absolute Gasteiger partial charge is 0.339 e. The Labute approximate surface area is 192 Å². The lowest BCUT2D eigenvalue weighted by molar-refractivity contribution is -0.134.